The Balaban J connectivity index is 0.000000292. The molecule has 1 fully saturated rings. The molecule has 11 heavy (non-hydrogen) atoms. The first-order valence-corrected chi connectivity index (χ1v) is 3.11. The summed E-state index contributed by atoms with van der Waals surface area (Å²) in [5, 5.41) is 24.5. The van der Waals surface area contributed by atoms with Gasteiger partial charge in [-0.3, -0.25) is 0 Å². The van der Waals surface area contributed by atoms with E-state index in [2.05, 4.69) is 9.47 Å². The Morgan fingerprint density at radius 2 is 1.55 bits per heavy atom. The minimum absolute atomic E-state index is 0.0567. The van der Waals surface area contributed by atoms with Crippen molar-refractivity contribution in [1.82, 2.24) is 0 Å². The predicted octanol–water partition coefficient (Wildman–Crippen LogP) is -0.800. The zero-order valence-electron chi connectivity index (χ0n) is 6.23. The molecule has 1 rings (SSSR count). The number of hydrogen-bond donors (Lipinski definition) is 2. The minimum atomic E-state index is -0.863. The van der Waals surface area contributed by atoms with Gasteiger partial charge in [0.15, 0.2) is 12.6 Å². The average Bonchev–Trinajstić information content (AvgIpc) is 1.97. The summed E-state index contributed by atoms with van der Waals surface area (Å²) in [5.41, 5.74) is 0. The highest BCUT2D eigenvalue weighted by Gasteiger charge is 2.16. The van der Waals surface area contributed by atoms with Crippen LogP contribution in [0.1, 0.15) is 6.92 Å². The van der Waals surface area contributed by atoms with Crippen LogP contribution in [0.15, 0.2) is 0 Å². The van der Waals surface area contributed by atoms with Crippen LogP contribution in [0.25, 0.3) is 0 Å². The monoisotopic (exact) mass is 161 g/mol. The van der Waals surface area contributed by atoms with Gasteiger partial charge in [0, 0.05) is 6.92 Å². The minimum Gasteiger partial charge on any atom is -0.366 e. The topological polar surface area (TPSA) is 82.7 Å². The molecule has 1 saturated heterocycles. The summed E-state index contributed by atoms with van der Waals surface area (Å²) >= 11 is 0. The van der Waals surface area contributed by atoms with Crippen LogP contribution in [-0.4, -0.2) is 36.0 Å². The number of hydrogen-bond acceptors (Lipinski definition) is 5. The van der Waals surface area contributed by atoms with E-state index in [1.54, 1.807) is 6.07 Å². The first kappa shape index (κ1) is 10.3. The van der Waals surface area contributed by atoms with Gasteiger partial charge in [0.2, 0.25) is 0 Å². The molecule has 2 atom stereocenters. The standard InChI is InChI=1S/C4H8O4.C2H3N/c5-3-1-7-4(6)2-8-3;1-2-3/h3-6H,1-2H2;1H3. The van der Waals surface area contributed by atoms with Gasteiger partial charge in [-0.2, -0.15) is 5.26 Å². The van der Waals surface area contributed by atoms with E-state index in [4.69, 9.17) is 15.5 Å². The fraction of sp³-hybridized carbons (Fsp3) is 0.833. The molecule has 2 N–H and O–H groups in total. The molecule has 0 aromatic heterocycles. The van der Waals surface area contributed by atoms with Crippen molar-refractivity contribution in [2.75, 3.05) is 13.2 Å². The van der Waals surface area contributed by atoms with Crippen molar-refractivity contribution in [3.8, 4) is 6.07 Å². The van der Waals surface area contributed by atoms with Gasteiger partial charge in [-0.25, -0.2) is 0 Å². The molecule has 0 bridgehead atoms. The van der Waals surface area contributed by atoms with E-state index < -0.39 is 12.6 Å². The molecule has 0 aliphatic carbocycles. The molecule has 1 aliphatic heterocycles. The first-order chi connectivity index (χ1) is 5.20. The molecule has 0 amide bonds. The molecule has 0 aromatic carbocycles. The van der Waals surface area contributed by atoms with Crippen molar-refractivity contribution in [1.29, 1.82) is 5.26 Å². The Bertz CT molecular complexity index is 115. The third-order valence-corrected chi connectivity index (χ3v) is 0.862. The van der Waals surface area contributed by atoms with Crippen LogP contribution < -0.4 is 0 Å². The number of aliphatic hydroxyl groups is 2. The first-order valence-electron chi connectivity index (χ1n) is 3.11. The lowest BCUT2D eigenvalue weighted by molar-refractivity contribution is -0.263. The predicted molar refractivity (Wildman–Crippen MR) is 35.2 cm³/mol. The van der Waals surface area contributed by atoms with Gasteiger partial charge < -0.3 is 19.7 Å². The molecular formula is C6H11NO4. The molecule has 5 heteroatoms. The second kappa shape index (κ2) is 6.07. The summed E-state index contributed by atoms with van der Waals surface area (Å²) in [6.07, 6.45) is -1.73. The maximum Gasteiger partial charge on any atom is 0.178 e. The van der Waals surface area contributed by atoms with Gasteiger partial charge in [-0.15, -0.1) is 0 Å². The Morgan fingerprint density at radius 1 is 1.27 bits per heavy atom. The largest absolute Gasteiger partial charge is 0.366 e. The lowest BCUT2D eigenvalue weighted by Crippen LogP contribution is -2.34. The highest BCUT2D eigenvalue weighted by molar-refractivity contribution is 4.51. The van der Waals surface area contributed by atoms with Crippen LogP contribution in [0, 0.1) is 11.3 Å². The van der Waals surface area contributed by atoms with Gasteiger partial charge in [-0.1, -0.05) is 0 Å². The van der Waals surface area contributed by atoms with Crippen molar-refractivity contribution in [3.63, 3.8) is 0 Å². The summed E-state index contributed by atoms with van der Waals surface area (Å²) < 4.78 is 9.14. The third-order valence-electron chi connectivity index (χ3n) is 0.862. The Kier molecular flexibility index (Phi) is 5.70. The van der Waals surface area contributed by atoms with Crippen molar-refractivity contribution < 1.29 is 19.7 Å². The smallest absolute Gasteiger partial charge is 0.178 e. The van der Waals surface area contributed by atoms with E-state index >= 15 is 0 Å². The van der Waals surface area contributed by atoms with Crippen LogP contribution in [0.5, 0.6) is 0 Å². The zero-order valence-corrected chi connectivity index (χ0v) is 6.23. The number of ether oxygens (including phenoxy) is 2. The summed E-state index contributed by atoms with van der Waals surface area (Å²) in [5.74, 6) is 0. The second-order valence-corrected chi connectivity index (χ2v) is 1.80. The van der Waals surface area contributed by atoms with Crippen molar-refractivity contribution in [2.45, 2.75) is 19.5 Å². The molecule has 1 aliphatic rings. The maximum atomic E-state index is 8.57. The number of aliphatic hydroxyl groups excluding tert-OH is 2. The summed E-state index contributed by atoms with van der Waals surface area (Å²) in [4.78, 5) is 0. The van der Waals surface area contributed by atoms with Crippen LogP contribution in [0.4, 0.5) is 0 Å². The molecule has 0 aromatic rings. The summed E-state index contributed by atoms with van der Waals surface area (Å²) in [7, 11) is 0. The SMILES string of the molecule is CC#N.OC1COC(O)CO1. The summed E-state index contributed by atoms with van der Waals surface area (Å²) in [6.45, 7) is 1.54. The highest BCUT2D eigenvalue weighted by atomic mass is 16.7. The molecule has 0 saturated carbocycles. The molecule has 0 spiro atoms. The molecule has 1 heterocycles. The van der Waals surface area contributed by atoms with E-state index in [1.165, 1.54) is 6.92 Å². The lowest BCUT2D eigenvalue weighted by atomic mass is 10.5. The molecule has 64 valence electrons. The number of nitrogens with zero attached hydrogens (tertiary/aromatic N) is 1. The van der Waals surface area contributed by atoms with Crippen LogP contribution in [0.2, 0.25) is 0 Å². The Hall–Kier alpha value is -0.670. The van der Waals surface area contributed by atoms with Gasteiger partial charge in [0.05, 0.1) is 6.07 Å². The Labute approximate surface area is 64.8 Å². The van der Waals surface area contributed by atoms with E-state index in [-0.39, 0.29) is 13.2 Å². The van der Waals surface area contributed by atoms with E-state index in [1.807, 2.05) is 0 Å². The fourth-order valence-electron chi connectivity index (χ4n) is 0.483. The summed E-state index contributed by atoms with van der Waals surface area (Å²) in [6, 6.07) is 1.75. The number of nitriles is 1. The normalized spacial score (nSPS) is 29.6. The van der Waals surface area contributed by atoms with E-state index in [9.17, 15) is 0 Å². The van der Waals surface area contributed by atoms with Crippen molar-refractivity contribution >= 4 is 0 Å². The van der Waals surface area contributed by atoms with Crippen LogP contribution in [-0.2, 0) is 9.47 Å². The van der Waals surface area contributed by atoms with Gasteiger partial charge >= 0.3 is 0 Å². The van der Waals surface area contributed by atoms with Crippen molar-refractivity contribution in [2.24, 2.45) is 0 Å². The molecule has 0 radical (unpaired) electrons. The molecule has 2 unspecified atom stereocenters. The second-order valence-electron chi connectivity index (χ2n) is 1.80. The van der Waals surface area contributed by atoms with E-state index in [0.29, 0.717) is 0 Å². The molecule has 5 nitrogen and oxygen atoms in total. The van der Waals surface area contributed by atoms with Gasteiger partial charge in [-0.05, 0) is 0 Å². The average molecular weight is 161 g/mol. The maximum absolute atomic E-state index is 8.57. The van der Waals surface area contributed by atoms with Crippen molar-refractivity contribution in [3.05, 3.63) is 0 Å². The Morgan fingerprint density at radius 3 is 1.73 bits per heavy atom. The van der Waals surface area contributed by atoms with Crippen LogP contribution in [0.3, 0.4) is 0 Å². The zero-order chi connectivity index (χ0) is 8.69. The quantitative estimate of drug-likeness (QED) is 0.486. The third kappa shape index (κ3) is 5.76. The lowest BCUT2D eigenvalue weighted by Gasteiger charge is -2.22. The molecular weight excluding hydrogens is 150 g/mol. The number of rotatable bonds is 0. The van der Waals surface area contributed by atoms with Gasteiger partial charge in [0.1, 0.15) is 13.2 Å². The van der Waals surface area contributed by atoms with Gasteiger partial charge in [0.25, 0.3) is 0 Å². The highest BCUT2D eigenvalue weighted by Crippen LogP contribution is 2.00. The fourth-order valence-corrected chi connectivity index (χ4v) is 0.483. The van der Waals surface area contributed by atoms with E-state index in [0.717, 1.165) is 0 Å². The van der Waals surface area contributed by atoms with Crippen LogP contribution >= 0.6 is 0 Å².